The van der Waals surface area contributed by atoms with E-state index in [0.29, 0.717) is 25.4 Å². The van der Waals surface area contributed by atoms with Crippen molar-refractivity contribution < 1.29 is 14.0 Å². The van der Waals surface area contributed by atoms with E-state index in [0.717, 1.165) is 12.8 Å². The molecule has 162 valence electrons. The van der Waals surface area contributed by atoms with Gasteiger partial charge in [-0.15, -0.1) is 13.2 Å². The number of amides is 2. The molecule has 1 aromatic rings. The second-order valence-corrected chi connectivity index (χ2v) is 7.27. The van der Waals surface area contributed by atoms with Crippen molar-refractivity contribution in [3.05, 3.63) is 43.2 Å². The fourth-order valence-electron chi connectivity index (χ4n) is 3.06. The standard InChI is InChI=1S/C23H37N3O3/c1-4-7-8-9-10-11-12-13-14-15-22(27)26(17-6-3)18-21-25-20(19-29-21)23(28)24-16-5-2/h5-6,19H,2-4,7-18H2,1H3,(H,24,28). The van der Waals surface area contributed by atoms with Crippen molar-refractivity contribution in [2.24, 2.45) is 0 Å². The van der Waals surface area contributed by atoms with Crippen molar-refractivity contribution >= 4 is 11.8 Å². The maximum Gasteiger partial charge on any atom is 0.273 e. The minimum atomic E-state index is -0.323. The molecule has 0 fully saturated rings. The van der Waals surface area contributed by atoms with Gasteiger partial charge in [-0.3, -0.25) is 9.59 Å². The average Bonchev–Trinajstić information content (AvgIpc) is 3.19. The van der Waals surface area contributed by atoms with Crippen molar-refractivity contribution in [2.75, 3.05) is 13.1 Å². The predicted octanol–water partition coefficient (Wildman–Crippen LogP) is 5.03. The number of hydrogen-bond acceptors (Lipinski definition) is 4. The van der Waals surface area contributed by atoms with Crippen molar-refractivity contribution in [2.45, 2.75) is 77.7 Å². The minimum absolute atomic E-state index is 0.0590. The highest BCUT2D eigenvalue weighted by molar-refractivity contribution is 5.91. The van der Waals surface area contributed by atoms with E-state index < -0.39 is 0 Å². The van der Waals surface area contributed by atoms with Crippen molar-refractivity contribution in [1.29, 1.82) is 0 Å². The van der Waals surface area contributed by atoms with E-state index in [2.05, 4.69) is 30.4 Å². The Kier molecular flexibility index (Phi) is 13.2. The van der Waals surface area contributed by atoms with Gasteiger partial charge >= 0.3 is 0 Å². The molecule has 1 rings (SSSR count). The fraction of sp³-hybridized carbons (Fsp3) is 0.609. The number of unbranched alkanes of at least 4 members (excludes halogenated alkanes) is 8. The molecule has 1 heterocycles. The number of hydrogen-bond donors (Lipinski definition) is 1. The lowest BCUT2D eigenvalue weighted by atomic mass is 10.1. The molecule has 6 heteroatoms. The normalized spacial score (nSPS) is 10.5. The Morgan fingerprint density at radius 2 is 1.72 bits per heavy atom. The molecule has 0 aromatic carbocycles. The van der Waals surface area contributed by atoms with E-state index in [-0.39, 0.29) is 24.1 Å². The van der Waals surface area contributed by atoms with Crippen LogP contribution in [0.15, 0.2) is 36.0 Å². The second kappa shape index (κ2) is 15.5. The van der Waals surface area contributed by atoms with Gasteiger partial charge in [0.05, 0.1) is 6.54 Å². The molecule has 0 radical (unpaired) electrons. The van der Waals surface area contributed by atoms with E-state index in [4.69, 9.17) is 4.42 Å². The molecule has 1 N–H and O–H groups in total. The summed E-state index contributed by atoms with van der Waals surface area (Å²) in [7, 11) is 0. The summed E-state index contributed by atoms with van der Waals surface area (Å²) in [6.07, 6.45) is 16.1. The van der Waals surface area contributed by atoms with Crippen molar-refractivity contribution in [3.63, 3.8) is 0 Å². The lowest BCUT2D eigenvalue weighted by Crippen LogP contribution is -2.30. The molecule has 0 atom stereocenters. The van der Waals surface area contributed by atoms with Crippen LogP contribution in [-0.2, 0) is 11.3 Å². The maximum absolute atomic E-state index is 12.5. The van der Waals surface area contributed by atoms with Gasteiger partial charge in [-0.2, -0.15) is 0 Å². The summed E-state index contributed by atoms with van der Waals surface area (Å²) in [5, 5.41) is 2.65. The molecular formula is C23H37N3O3. The zero-order chi connectivity index (χ0) is 21.3. The minimum Gasteiger partial charge on any atom is -0.446 e. The van der Waals surface area contributed by atoms with Crippen molar-refractivity contribution in [1.82, 2.24) is 15.2 Å². The zero-order valence-electron chi connectivity index (χ0n) is 18.0. The zero-order valence-corrected chi connectivity index (χ0v) is 18.0. The number of carbonyl (C=O) groups is 2. The first-order valence-electron chi connectivity index (χ1n) is 10.8. The SMILES string of the molecule is C=CCNC(=O)c1coc(CN(CC=C)C(=O)CCCCCCCCCCC)n1. The third-order valence-corrected chi connectivity index (χ3v) is 4.71. The molecular weight excluding hydrogens is 366 g/mol. The van der Waals surface area contributed by atoms with E-state index in [1.165, 1.54) is 51.2 Å². The fourth-order valence-corrected chi connectivity index (χ4v) is 3.06. The monoisotopic (exact) mass is 403 g/mol. The van der Waals surface area contributed by atoms with E-state index >= 15 is 0 Å². The molecule has 0 bridgehead atoms. The summed E-state index contributed by atoms with van der Waals surface area (Å²) < 4.78 is 5.36. The van der Waals surface area contributed by atoms with Crippen LogP contribution in [-0.4, -0.2) is 34.8 Å². The van der Waals surface area contributed by atoms with Gasteiger partial charge in [0.15, 0.2) is 5.69 Å². The Hall–Kier alpha value is -2.37. The molecule has 1 aromatic heterocycles. The molecule has 2 amide bonds. The van der Waals surface area contributed by atoms with E-state index in [1.807, 2.05) is 0 Å². The number of aromatic nitrogens is 1. The third-order valence-electron chi connectivity index (χ3n) is 4.71. The van der Waals surface area contributed by atoms with Gasteiger partial charge in [-0.25, -0.2) is 4.98 Å². The molecule has 0 saturated heterocycles. The molecule has 0 aliphatic carbocycles. The van der Waals surface area contributed by atoms with Gasteiger partial charge in [0.25, 0.3) is 5.91 Å². The van der Waals surface area contributed by atoms with E-state index in [1.54, 1.807) is 17.1 Å². The summed E-state index contributed by atoms with van der Waals surface area (Å²) in [4.78, 5) is 30.3. The van der Waals surface area contributed by atoms with Crippen LogP contribution < -0.4 is 5.32 Å². The van der Waals surface area contributed by atoms with Crippen molar-refractivity contribution in [3.8, 4) is 0 Å². The maximum atomic E-state index is 12.5. The topological polar surface area (TPSA) is 75.4 Å². The lowest BCUT2D eigenvalue weighted by molar-refractivity contribution is -0.131. The second-order valence-electron chi connectivity index (χ2n) is 7.27. The average molecular weight is 404 g/mol. The molecule has 0 unspecified atom stereocenters. The summed E-state index contributed by atoms with van der Waals surface area (Å²) in [6.45, 7) is 10.5. The van der Waals surface area contributed by atoms with Gasteiger partial charge in [0, 0.05) is 19.5 Å². The Labute approximate surface area is 175 Å². The van der Waals surface area contributed by atoms with Crippen LogP contribution >= 0.6 is 0 Å². The number of carbonyl (C=O) groups excluding carboxylic acids is 2. The first-order valence-corrected chi connectivity index (χ1v) is 10.8. The Morgan fingerprint density at radius 3 is 2.34 bits per heavy atom. The first kappa shape index (κ1) is 24.7. The van der Waals surface area contributed by atoms with Gasteiger partial charge < -0.3 is 14.6 Å². The van der Waals surface area contributed by atoms with Crippen LogP contribution in [0.5, 0.6) is 0 Å². The van der Waals surface area contributed by atoms with E-state index in [9.17, 15) is 9.59 Å². The van der Waals surface area contributed by atoms with Crippen LogP contribution in [0, 0.1) is 0 Å². The van der Waals surface area contributed by atoms with Crippen LogP contribution in [0.2, 0.25) is 0 Å². The number of oxazole rings is 1. The third kappa shape index (κ3) is 10.7. The van der Waals surface area contributed by atoms with Gasteiger partial charge in [0.1, 0.15) is 6.26 Å². The number of rotatable bonds is 17. The smallest absolute Gasteiger partial charge is 0.273 e. The summed E-state index contributed by atoms with van der Waals surface area (Å²) in [5.74, 6) is 0.0796. The molecule has 0 spiro atoms. The quantitative estimate of drug-likeness (QED) is 0.292. The highest BCUT2D eigenvalue weighted by Gasteiger charge is 2.17. The Bertz CT molecular complexity index is 625. The largest absolute Gasteiger partial charge is 0.446 e. The number of nitrogens with zero attached hydrogens (tertiary/aromatic N) is 2. The summed E-state index contributed by atoms with van der Waals surface area (Å²) >= 11 is 0. The molecule has 0 saturated carbocycles. The Balaban J connectivity index is 2.35. The van der Waals surface area contributed by atoms with Gasteiger partial charge in [0.2, 0.25) is 11.8 Å². The highest BCUT2D eigenvalue weighted by atomic mass is 16.3. The van der Waals surface area contributed by atoms with Crippen LogP contribution in [0.25, 0.3) is 0 Å². The molecule has 29 heavy (non-hydrogen) atoms. The summed E-state index contributed by atoms with van der Waals surface area (Å²) in [5.41, 5.74) is 0.201. The van der Waals surface area contributed by atoms with Gasteiger partial charge in [-0.05, 0) is 6.42 Å². The lowest BCUT2D eigenvalue weighted by Gasteiger charge is -2.19. The van der Waals surface area contributed by atoms with Crippen LogP contribution in [0.3, 0.4) is 0 Å². The number of nitrogens with one attached hydrogen (secondary N) is 1. The molecule has 6 nitrogen and oxygen atoms in total. The molecule has 0 aliphatic heterocycles. The molecule has 0 aliphatic rings. The Morgan fingerprint density at radius 1 is 1.07 bits per heavy atom. The van der Waals surface area contributed by atoms with Crippen LogP contribution in [0.1, 0.15) is 87.5 Å². The van der Waals surface area contributed by atoms with Crippen LogP contribution in [0.4, 0.5) is 0 Å². The summed E-state index contributed by atoms with van der Waals surface area (Å²) in [6, 6.07) is 0. The predicted molar refractivity (Wildman–Crippen MR) is 116 cm³/mol. The van der Waals surface area contributed by atoms with Gasteiger partial charge in [-0.1, -0.05) is 70.4 Å². The first-order chi connectivity index (χ1) is 14.1. The highest BCUT2D eigenvalue weighted by Crippen LogP contribution is 2.13.